The molecule has 1 aromatic heterocycles. The van der Waals surface area contributed by atoms with E-state index in [1.807, 2.05) is 0 Å². The topological polar surface area (TPSA) is 28.2 Å². The van der Waals surface area contributed by atoms with Crippen molar-refractivity contribution in [3.8, 4) is 0 Å². The van der Waals surface area contributed by atoms with E-state index >= 15 is 0 Å². The van der Waals surface area contributed by atoms with E-state index in [9.17, 15) is 0 Å². The van der Waals surface area contributed by atoms with E-state index in [1.54, 1.807) is 11.3 Å². The van der Waals surface area contributed by atoms with Gasteiger partial charge >= 0.3 is 0 Å². The zero-order valence-electron chi connectivity index (χ0n) is 12.8. The predicted molar refractivity (Wildman–Crippen MR) is 95.1 cm³/mol. The zero-order valence-corrected chi connectivity index (χ0v) is 15.2. The van der Waals surface area contributed by atoms with Crippen LogP contribution in [0.25, 0.3) is 0 Å². The Kier molecular flexibility index (Phi) is 6.21. The summed E-state index contributed by atoms with van der Waals surface area (Å²) in [7, 11) is 2.11. The van der Waals surface area contributed by atoms with Crippen LogP contribution in [0, 0.1) is 0 Å². The highest BCUT2D eigenvalue weighted by atomic mass is 79.9. The van der Waals surface area contributed by atoms with Crippen molar-refractivity contribution in [2.24, 2.45) is 0 Å². The number of halogens is 1. The second kappa shape index (κ2) is 7.92. The third-order valence-electron chi connectivity index (χ3n) is 3.27. The van der Waals surface area contributed by atoms with Crippen molar-refractivity contribution in [1.29, 1.82) is 0 Å². The van der Waals surface area contributed by atoms with Crippen LogP contribution in [0.15, 0.2) is 28.7 Å². The van der Waals surface area contributed by atoms with Crippen LogP contribution in [-0.2, 0) is 19.5 Å². The third kappa shape index (κ3) is 4.53. The molecule has 3 nitrogen and oxygen atoms in total. The zero-order chi connectivity index (χ0) is 15.2. The third-order valence-corrected chi connectivity index (χ3v) is 4.98. The second-order valence-corrected chi connectivity index (χ2v) is 6.96. The molecule has 0 fully saturated rings. The number of aryl methyl sites for hydroxylation is 1. The molecule has 0 spiro atoms. The van der Waals surface area contributed by atoms with Gasteiger partial charge < -0.3 is 10.2 Å². The molecule has 0 aliphatic carbocycles. The van der Waals surface area contributed by atoms with Crippen LogP contribution in [0.5, 0.6) is 0 Å². The average molecular weight is 368 g/mol. The molecule has 0 saturated carbocycles. The van der Waals surface area contributed by atoms with E-state index in [4.69, 9.17) is 4.98 Å². The molecular weight excluding hydrogens is 346 g/mol. The Morgan fingerprint density at radius 3 is 2.81 bits per heavy atom. The Labute approximate surface area is 139 Å². The maximum Gasteiger partial charge on any atom is 0.185 e. The highest BCUT2D eigenvalue weighted by molar-refractivity contribution is 9.10. The first-order valence-corrected chi connectivity index (χ1v) is 8.89. The number of rotatable bonds is 7. The van der Waals surface area contributed by atoms with Gasteiger partial charge in [-0.25, -0.2) is 4.98 Å². The van der Waals surface area contributed by atoms with Gasteiger partial charge in [-0.1, -0.05) is 41.9 Å². The molecule has 0 aliphatic rings. The Balaban J connectivity index is 2.11. The maximum atomic E-state index is 4.79. The van der Waals surface area contributed by atoms with Gasteiger partial charge in [0, 0.05) is 29.5 Å². The van der Waals surface area contributed by atoms with Crippen molar-refractivity contribution in [3.05, 3.63) is 44.9 Å². The summed E-state index contributed by atoms with van der Waals surface area (Å²) >= 11 is 5.32. The number of nitrogens with zero attached hydrogens (tertiary/aromatic N) is 2. The minimum Gasteiger partial charge on any atom is -0.347 e. The summed E-state index contributed by atoms with van der Waals surface area (Å²) in [6, 6.07) is 8.43. The fourth-order valence-corrected chi connectivity index (χ4v) is 3.69. The first-order chi connectivity index (χ1) is 10.1. The van der Waals surface area contributed by atoms with Crippen molar-refractivity contribution in [1.82, 2.24) is 10.3 Å². The molecule has 21 heavy (non-hydrogen) atoms. The Morgan fingerprint density at radius 1 is 1.33 bits per heavy atom. The molecule has 1 N–H and O–H groups in total. The van der Waals surface area contributed by atoms with Crippen molar-refractivity contribution in [3.63, 3.8) is 0 Å². The summed E-state index contributed by atoms with van der Waals surface area (Å²) in [6.45, 7) is 7.08. The van der Waals surface area contributed by atoms with Gasteiger partial charge in [0.05, 0.1) is 5.69 Å². The van der Waals surface area contributed by atoms with Gasteiger partial charge in [0.25, 0.3) is 0 Å². The van der Waals surface area contributed by atoms with Crippen molar-refractivity contribution in [2.45, 2.75) is 33.4 Å². The summed E-state index contributed by atoms with van der Waals surface area (Å²) in [4.78, 5) is 8.37. The van der Waals surface area contributed by atoms with Gasteiger partial charge in [0.15, 0.2) is 5.13 Å². The van der Waals surface area contributed by atoms with E-state index in [1.165, 1.54) is 16.1 Å². The summed E-state index contributed by atoms with van der Waals surface area (Å²) in [5, 5.41) is 4.49. The Bertz CT molecular complexity index is 583. The van der Waals surface area contributed by atoms with Crippen LogP contribution < -0.4 is 10.2 Å². The van der Waals surface area contributed by atoms with Gasteiger partial charge in [-0.2, -0.15) is 0 Å². The van der Waals surface area contributed by atoms with Gasteiger partial charge in [-0.15, -0.1) is 11.3 Å². The lowest BCUT2D eigenvalue weighted by molar-refractivity contribution is 0.727. The molecule has 0 saturated heterocycles. The molecule has 0 aliphatic heterocycles. The Hall–Kier alpha value is -0.910. The largest absolute Gasteiger partial charge is 0.347 e. The van der Waals surface area contributed by atoms with Crippen LogP contribution in [0.3, 0.4) is 0 Å². The lowest BCUT2D eigenvalue weighted by Crippen LogP contribution is -2.16. The average Bonchev–Trinajstić information content (AvgIpc) is 2.88. The highest BCUT2D eigenvalue weighted by Crippen LogP contribution is 2.27. The van der Waals surface area contributed by atoms with E-state index < -0.39 is 0 Å². The van der Waals surface area contributed by atoms with Crippen LogP contribution in [0.2, 0.25) is 0 Å². The molecule has 2 aromatic rings. The van der Waals surface area contributed by atoms with Crippen LogP contribution in [-0.4, -0.2) is 18.6 Å². The molecule has 0 bridgehead atoms. The van der Waals surface area contributed by atoms with Crippen molar-refractivity contribution in [2.75, 3.05) is 18.5 Å². The quantitative estimate of drug-likeness (QED) is 0.793. The van der Waals surface area contributed by atoms with Crippen LogP contribution in [0.4, 0.5) is 5.13 Å². The fourth-order valence-electron chi connectivity index (χ4n) is 2.16. The minimum absolute atomic E-state index is 0.872. The number of anilines is 1. The SMILES string of the molecule is CCNCc1sc(N(C)Cc2cccc(Br)c2)nc1CC. The first kappa shape index (κ1) is 16.5. The molecule has 0 unspecified atom stereocenters. The molecule has 0 atom stereocenters. The van der Waals surface area contributed by atoms with Crippen LogP contribution >= 0.6 is 27.3 Å². The molecule has 5 heteroatoms. The van der Waals surface area contributed by atoms with Crippen molar-refractivity contribution >= 4 is 32.4 Å². The van der Waals surface area contributed by atoms with Gasteiger partial charge in [0.1, 0.15) is 0 Å². The summed E-state index contributed by atoms with van der Waals surface area (Å²) in [6.07, 6.45) is 0.988. The number of hydrogen-bond acceptors (Lipinski definition) is 4. The van der Waals surface area contributed by atoms with Gasteiger partial charge in [-0.05, 0) is 30.7 Å². The van der Waals surface area contributed by atoms with E-state index in [0.717, 1.165) is 35.7 Å². The molecule has 1 aromatic carbocycles. The minimum atomic E-state index is 0.872. The number of aromatic nitrogens is 1. The monoisotopic (exact) mass is 367 g/mol. The molecule has 114 valence electrons. The van der Waals surface area contributed by atoms with E-state index in [2.05, 4.69) is 71.3 Å². The highest BCUT2D eigenvalue weighted by Gasteiger charge is 2.13. The lowest BCUT2D eigenvalue weighted by atomic mass is 10.2. The Morgan fingerprint density at radius 2 is 2.14 bits per heavy atom. The second-order valence-electron chi connectivity index (χ2n) is 4.99. The van der Waals surface area contributed by atoms with Gasteiger partial charge in [-0.3, -0.25) is 0 Å². The molecule has 2 rings (SSSR count). The van der Waals surface area contributed by atoms with Crippen LogP contribution in [0.1, 0.15) is 30.0 Å². The fraction of sp³-hybridized carbons (Fsp3) is 0.438. The summed E-state index contributed by atoms with van der Waals surface area (Å²) in [5.74, 6) is 0. The maximum absolute atomic E-state index is 4.79. The molecule has 0 amide bonds. The number of hydrogen-bond donors (Lipinski definition) is 1. The number of nitrogens with one attached hydrogen (secondary N) is 1. The molecule has 1 heterocycles. The predicted octanol–water partition coefficient (Wildman–Crippen LogP) is 4.21. The van der Waals surface area contributed by atoms with Crippen molar-refractivity contribution < 1.29 is 0 Å². The molecule has 0 radical (unpaired) electrons. The normalized spacial score (nSPS) is 10.9. The molecular formula is C16H22BrN3S. The summed E-state index contributed by atoms with van der Waals surface area (Å²) in [5.41, 5.74) is 2.50. The smallest absolute Gasteiger partial charge is 0.185 e. The van der Waals surface area contributed by atoms with E-state index in [-0.39, 0.29) is 0 Å². The summed E-state index contributed by atoms with van der Waals surface area (Å²) < 4.78 is 1.12. The first-order valence-electron chi connectivity index (χ1n) is 7.28. The lowest BCUT2D eigenvalue weighted by Gasteiger charge is -2.15. The van der Waals surface area contributed by atoms with E-state index in [0.29, 0.717) is 0 Å². The number of benzene rings is 1. The standard InChI is InChI=1S/C16H22BrN3S/c1-4-14-15(10-18-5-2)21-16(19-14)20(3)11-12-7-6-8-13(17)9-12/h6-9,18H,4-5,10-11H2,1-3H3. The number of thiazole rings is 1. The van der Waals surface area contributed by atoms with Gasteiger partial charge in [0.2, 0.25) is 0 Å².